The number of alkyl halides is 3. The molecule has 0 aromatic carbocycles. The van der Waals surface area contributed by atoms with E-state index in [1.165, 1.54) is 0 Å². The molecule has 5 N–H and O–H groups in total. The summed E-state index contributed by atoms with van der Waals surface area (Å²) in [6.07, 6.45) is 1.21. The number of hydrogen-bond donors (Lipinski definition) is 3. The monoisotopic (exact) mass is 487 g/mol. The van der Waals surface area contributed by atoms with Gasteiger partial charge >= 0.3 is 6.18 Å². The SMILES string of the molecule is C=C(N)/C(F)=C\N=C(/N)n1cc(C(=O)NCC2(N3CCOCC3)CCCCC2)c(C(F)(F)F)n1. The van der Waals surface area contributed by atoms with E-state index in [4.69, 9.17) is 16.2 Å². The Bertz CT molecular complexity index is 959. The number of aromatic nitrogens is 2. The van der Waals surface area contributed by atoms with Crippen LogP contribution in [0.4, 0.5) is 17.6 Å². The van der Waals surface area contributed by atoms with Gasteiger partial charge in [-0.05, 0) is 12.8 Å². The Morgan fingerprint density at radius 1 is 1.26 bits per heavy atom. The number of rotatable bonds is 6. The van der Waals surface area contributed by atoms with Gasteiger partial charge < -0.3 is 21.5 Å². The summed E-state index contributed by atoms with van der Waals surface area (Å²) in [7, 11) is 0. The second-order valence-corrected chi connectivity index (χ2v) is 8.39. The van der Waals surface area contributed by atoms with E-state index in [1.54, 1.807) is 0 Å². The molecule has 34 heavy (non-hydrogen) atoms. The van der Waals surface area contributed by atoms with Gasteiger partial charge in [0.15, 0.2) is 11.5 Å². The molecule has 0 bridgehead atoms. The van der Waals surface area contributed by atoms with Crippen LogP contribution in [-0.4, -0.2) is 64.9 Å². The van der Waals surface area contributed by atoms with Crippen LogP contribution < -0.4 is 16.8 Å². The largest absolute Gasteiger partial charge is 0.435 e. The Morgan fingerprint density at radius 2 is 1.91 bits per heavy atom. The zero-order chi connectivity index (χ0) is 24.9. The van der Waals surface area contributed by atoms with Crippen LogP contribution in [0.15, 0.2) is 35.5 Å². The first-order chi connectivity index (χ1) is 16.0. The predicted molar refractivity (Wildman–Crippen MR) is 117 cm³/mol. The van der Waals surface area contributed by atoms with E-state index in [-0.39, 0.29) is 12.1 Å². The van der Waals surface area contributed by atoms with E-state index in [0.29, 0.717) is 37.2 Å². The van der Waals surface area contributed by atoms with Crippen molar-refractivity contribution in [1.82, 2.24) is 20.0 Å². The van der Waals surface area contributed by atoms with Crippen LogP contribution in [0, 0.1) is 0 Å². The summed E-state index contributed by atoms with van der Waals surface area (Å²) in [6.45, 7) is 5.92. The lowest BCUT2D eigenvalue weighted by atomic mass is 9.79. The van der Waals surface area contributed by atoms with E-state index in [1.807, 2.05) is 0 Å². The number of nitrogens with two attached hydrogens (primary N) is 2. The van der Waals surface area contributed by atoms with Gasteiger partial charge in [0.2, 0.25) is 5.96 Å². The number of allylic oxidation sites excluding steroid dienone is 1. The lowest BCUT2D eigenvalue weighted by Crippen LogP contribution is -2.59. The molecule has 2 heterocycles. The van der Waals surface area contributed by atoms with Crippen molar-refractivity contribution in [1.29, 1.82) is 0 Å². The maximum atomic E-state index is 13.6. The Hall–Kier alpha value is -2.93. The first-order valence-corrected chi connectivity index (χ1v) is 11.0. The summed E-state index contributed by atoms with van der Waals surface area (Å²) in [5.41, 5.74) is 7.91. The fourth-order valence-corrected chi connectivity index (χ4v) is 4.32. The Kier molecular flexibility index (Phi) is 7.97. The van der Waals surface area contributed by atoms with Gasteiger partial charge in [-0.25, -0.2) is 14.1 Å². The number of hydrogen-bond acceptors (Lipinski definition) is 6. The molecule has 0 atom stereocenters. The van der Waals surface area contributed by atoms with Crippen molar-refractivity contribution in [3.8, 4) is 0 Å². The third kappa shape index (κ3) is 5.95. The molecule has 1 saturated heterocycles. The van der Waals surface area contributed by atoms with Crippen LogP contribution >= 0.6 is 0 Å². The average Bonchev–Trinajstić information content (AvgIpc) is 3.28. The van der Waals surface area contributed by atoms with Gasteiger partial charge in [-0.3, -0.25) is 9.69 Å². The lowest BCUT2D eigenvalue weighted by Gasteiger charge is -2.48. The van der Waals surface area contributed by atoms with Gasteiger partial charge in [-0.15, -0.1) is 0 Å². The van der Waals surface area contributed by atoms with E-state index in [9.17, 15) is 22.4 Å². The molecule has 0 unspecified atom stereocenters. The maximum Gasteiger partial charge on any atom is 0.435 e. The van der Waals surface area contributed by atoms with Crippen LogP contribution in [0.3, 0.4) is 0 Å². The third-order valence-corrected chi connectivity index (χ3v) is 6.12. The molecule has 188 valence electrons. The molecular weight excluding hydrogens is 458 g/mol. The van der Waals surface area contributed by atoms with Gasteiger partial charge in [0.25, 0.3) is 5.91 Å². The summed E-state index contributed by atoms with van der Waals surface area (Å²) in [5, 5.41) is 6.05. The van der Waals surface area contributed by atoms with Crippen LogP contribution in [0.1, 0.15) is 48.2 Å². The fraction of sp³-hybridized carbons (Fsp3) is 0.571. The fourth-order valence-electron chi connectivity index (χ4n) is 4.32. The van der Waals surface area contributed by atoms with Crippen LogP contribution in [0.5, 0.6) is 0 Å². The molecule has 1 amide bonds. The summed E-state index contributed by atoms with van der Waals surface area (Å²) >= 11 is 0. The number of carbonyl (C=O) groups is 1. The minimum atomic E-state index is -4.92. The molecular formula is C21H29F4N7O2. The standard InChI is InChI=1S/C21H29F4N7O2/c1-14(26)16(22)11-28-19(27)32-12-15(17(30-32)21(23,24)25)18(33)29-13-20(5-3-2-4-6-20)31-7-9-34-10-8-31/h11-12H,1-10,13,26H2,(H2,27,28)(H,29,33)/b16-11+. The topological polar surface area (TPSA) is 124 Å². The molecule has 13 heteroatoms. The van der Waals surface area contributed by atoms with Crippen LogP contribution in [0.2, 0.25) is 0 Å². The first kappa shape index (κ1) is 25.7. The Morgan fingerprint density at radius 3 is 2.50 bits per heavy atom. The second-order valence-electron chi connectivity index (χ2n) is 8.39. The minimum absolute atomic E-state index is 0.199. The summed E-state index contributed by atoms with van der Waals surface area (Å²) in [6, 6.07) is 0. The van der Waals surface area contributed by atoms with E-state index in [0.717, 1.165) is 38.3 Å². The highest BCUT2D eigenvalue weighted by molar-refractivity contribution is 5.96. The molecule has 1 aliphatic heterocycles. The smallest absolute Gasteiger partial charge is 0.397 e. The number of aliphatic imine (C=N–C) groups is 1. The number of amides is 1. The normalized spacial score (nSPS) is 20.2. The Balaban J connectivity index is 1.83. The second kappa shape index (κ2) is 10.6. The number of morpholine rings is 1. The molecule has 9 nitrogen and oxygen atoms in total. The molecule has 2 aliphatic rings. The van der Waals surface area contributed by atoms with Gasteiger partial charge in [-0.1, -0.05) is 25.8 Å². The van der Waals surface area contributed by atoms with Crippen LogP contribution in [0.25, 0.3) is 0 Å². The van der Waals surface area contributed by atoms with Crippen molar-refractivity contribution in [2.45, 2.75) is 43.8 Å². The van der Waals surface area contributed by atoms with E-state index >= 15 is 0 Å². The molecule has 1 saturated carbocycles. The molecule has 1 aromatic heterocycles. The number of halogens is 4. The van der Waals surface area contributed by atoms with Crippen LogP contribution in [-0.2, 0) is 10.9 Å². The van der Waals surface area contributed by atoms with Gasteiger partial charge in [-0.2, -0.15) is 18.3 Å². The third-order valence-electron chi connectivity index (χ3n) is 6.12. The number of nitrogens with zero attached hydrogens (tertiary/aromatic N) is 4. The minimum Gasteiger partial charge on any atom is -0.397 e. The number of ether oxygens (including phenoxy) is 1. The quantitative estimate of drug-likeness (QED) is 0.244. The van der Waals surface area contributed by atoms with Crippen molar-refractivity contribution in [3.63, 3.8) is 0 Å². The van der Waals surface area contributed by atoms with Gasteiger partial charge in [0.1, 0.15) is 0 Å². The van der Waals surface area contributed by atoms with Crippen molar-refractivity contribution in [3.05, 3.63) is 41.8 Å². The number of carbonyl (C=O) groups excluding carboxylic acids is 1. The molecule has 1 aromatic rings. The molecule has 2 fully saturated rings. The predicted octanol–water partition coefficient (Wildman–Crippen LogP) is 2.11. The highest BCUT2D eigenvalue weighted by atomic mass is 19.4. The molecule has 0 spiro atoms. The zero-order valence-corrected chi connectivity index (χ0v) is 18.7. The summed E-state index contributed by atoms with van der Waals surface area (Å²) in [5.74, 6) is -2.52. The summed E-state index contributed by atoms with van der Waals surface area (Å²) in [4.78, 5) is 18.7. The van der Waals surface area contributed by atoms with Crippen molar-refractivity contribution < 1.29 is 27.1 Å². The van der Waals surface area contributed by atoms with Gasteiger partial charge in [0.05, 0.1) is 30.7 Å². The summed E-state index contributed by atoms with van der Waals surface area (Å²) < 4.78 is 60.3. The maximum absolute atomic E-state index is 13.6. The molecule has 3 rings (SSSR count). The van der Waals surface area contributed by atoms with Crippen molar-refractivity contribution >= 4 is 11.9 Å². The van der Waals surface area contributed by atoms with E-state index in [2.05, 4.69) is 26.9 Å². The first-order valence-electron chi connectivity index (χ1n) is 11.0. The van der Waals surface area contributed by atoms with Crippen molar-refractivity contribution in [2.24, 2.45) is 16.5 Å². The van der Waals surface area contributed by atoms with Crippen molar-refractivity contribution in [2.75, 3.05) is 32.8 Å². The lowest BCUT2D eigenvalue weighted by molar-refractivity contribution is -0.141. The van der Waals surface area contributed by atoms with Gasteiger partial charge in [0, 0.05) is 31.4 Å². The highest BCUT2D eigenvalue weighted by Gasteiger charge is 2.42. The molecule has 0 radical (unpaired) electrons. The highest BCUT2D eigenvalue weighted by Crippen LogP contribution is 2.34. The average molecular weight is 488 g/mol. The number of nitrogens with one attached hydrogen (secondary N) is 1. The molecule has 1 aliphatic carbocycles. The Labute approximate surface area is 194 Å². The zero-order valence-electron chi connectivity index (χ0n) is 18.7. The van der Waals surface area contributed by atoms with E-state index < -0.39 is 40.8 Å².